The summed E-state index contributed by atoms with van der Waals surface area (Å²) < 4.78 is 32.2. The van der Waals surface area contributed by atoms with Gasteiger partial charge in [-0.2, -0.15) is 0 Å². The largest absolute Gasteiger partial charge is 0.493 e. The molecule has 4 heteroatoms. The highest BCUT2D eigenvalue weighted by atomic mass is 19.1. The van der Waals surface area contributed by atoms with Gasteiger partial charge in [0.15, 0.2) is 0 Å². The number of halogens is 2. The van der Waals surface area contributed by atoms with Gasteiger partial charge in [0.1, 0.15) is 17.4 Å². The fourth-order valence-electron chi connectivity index (χ4n) is 2.02. The zero-order valence-corrected chi connectivity index (χ0v) is 11.3. The summed E-state index contributed by atoms with van der Waals surface area (Å²) in [5, 5.41) is 0. The minimum absolute atomic E-state index is 0.384. The Bertz CT molecular complexity index is 566. The Morgan fingerprint density at radius 1 is 1.10 bits per heavy atom. The third-order valence-electron chi connectivity index (χ3n) is 2.96. The quantitative estimate of drug-likeness (QED) is 0.902. The van der Waals surface area contributed by atoms with Crippen molar-refractivity contribution in [3.63, 3.8) is 0 Å². The van der Waals surface area contributed by atoms with Gasteiger partial charge in [0.05, 0.1) is 12.6 Å². The van der Waals surface area contributed by atoms with Crippen LogP contribution in [-0.4, -0.2) is 6.61 Å². The summed E-state index contributed by atoms with van der Waals surface area (Å²) in [7, 11) is 0. The molecule has 106 valence electrons. The molecule has 0 aliphatic rings. The van der Waals surface area contributed by atoms with Gasteiger partial charge in [0.2, 0.25) is 0 Å². The van der Waals surface area contributed by atoms with Gasteiger partial charge < -0.3 is 10.5 Å². The van der Waals surface area contributed by atoms with Gasteiger partial charge in [-0.1, -0.05) is 25.1 Å². The Hall–Kier alpha value is -1.94. The lowest BCUT2D eigenvalue weighted by atomic mass is 9.98. The van der Waals surface area contributed by atoms with E-state index in [0.29, 0.717) is 23.5 Å². The first-order valence-electron chi connectivity index (χ1n) is 6.55. The van der Waals surface area contributed by atoms with Gasteiger partial charge in [0.25, 0.3) is 0 Å². The highest BCUT2D eigenvalue weighted by Crippen LogP contribution is 2.29. The standard InChI is InChI=1S/C16H17F2NO/c1-2-7-20-15-6-4-3-5-14(15)16(19)11-8-12(17)10-13(18)9-11/h3-6,8-10,16H,2,7,19H2,1H3. The monoisotopic (exact) mass is 277 g/mol. The second kappa shape index (κ2) is 6.48. The first-order chi connectivity index (χ1) is 9.61. The van der Waals surface area contributed by atoms with Crippen LogP contribution in [0.5, 0.6) is 5.75 Å². The Labute approximate surface area is 117 Å². The highest BCUT2D eigenvalue weighted by molar-refractivity contribution is 5.41. The maximum absolute atomic E-state index is 13.3. The molecule has 2 aromatic carbocycles. The lowest BCUT2D eigenvalue weighted by molar-refractivity contribution is 0.313. The zero-order valence-electron chi connectivity index (χ0n) is 11.3. The smallest absolute Gasteiger partial charge is 0.126 e. The highest BCUT2D eigenvalue weighted by Gasteiger charge is 2.15. The third kappa shape index (κ3) is 3.33. The molecule has 1 atom stereocenters. The zero-order chi connectivity index (χ0) is 14.5. The van der Waals surface area contributed by atoms with Crippen molar-refractivity contribution in [3.05, 3.63) is 65.2 Å². The number of hydrogen-bond donors (Lipinski definition) is 1. The average Bonchev–Trinajstić information content (AvgIpc) is 2.43. The van der Waals surface area contributed by atoms with Crippen LogP contribution in [0.15, 0.2) is 42.5 Å². The average molecular weight is 277 g/mol. The van der Waals surface area contributed by atoms with Crippen LogP contribution in [0.1, 0.15) is 30.5 Å². The fraction of sp³-hybridized carbons (Fsp3) is 0.250. The summed E-state index contributed by atoms with van der Waals surface area (Å²) >= 11 is 0. The molecule has 0 spiro atoms. The summed E-state index contributed by atoms with van der Waals surface area (Å²) in [6, 6.07) is 9.95. The topological polar surface area (TPSA) is 35.2 Å². The molecule has 0 saturated carbocycles. The van der Waals surface area contributed by atoms with Gasteiger partial charge in [0, 0.05) is 11.6 Å². The molecule has 0 aromatic heterocycles. The number of para-hydroxylation sites is 1. The molecule has 0 fully saturated rings. The predicted octanol–water partition coefficient (Wildman–Crippen LogP) is 3.80. The maximum atomic E-state index is 13.3. The van der Waals surface area contributed by atoms with Crippen LogP contribution in [-0.2, 0) is 0 Å². The van der Waals surface area contributed by atoms with Gasteiger partial charge in [-0.3, -0.25) is 0 Å². The van der Waals surface area contributed by atoms with E-state index < -0.39 is 17.7 Å². The first kappa shape index (κ1) is 14.5. The fourth-order valence-corrected chi connectivity index (χ4v) is 2.02. The van der Waals surface area contributed by atoms with E-state index in [1.54, 1.807) is 12.1 Å². The molecule has 0 aliphatic carbocycles. The number of ether oxygens (including phenoxy) is 1. The molecule has 0 saturated heterocycles. The van der Waals surface area contributed by atoms with E-state index >= 15 is 0 Å². The molecule has 2 N–H and O–H groups in total. The van der Waals surface area contributed by atoms with Crippen molar-refractivity contribution in [2.75, 3.05) is 6.61 Å². The Morgan fingerprint density at radius 3 is 2.40 bits per heavy atom. The van der Waals surface area contributed by atoms with Gasteiger partial charge >= 0.3 is 0 Å². The lowest BCUT2D eigenvalue weighted by Crippen LogP contribution is -2.14. The Morgan fingerprint density at radius 2 is 1.75 bits per heavy atom. The summed E-state index contributed by atoms with van der Waals surface area (Å²) in [5.41, 5.74) is 7.21. The molecule has 0 radical (unpaired) electrons. The molecule has 1 unspecified atom stereocenters. The second-order valence-electron chi connectivity index (χ2n) is 4.57. The van der Waals surface area contributed by atoms with Gasteiger partial charge in [-0.15, -0.1) is 0 Å². The van der Waals surface area contributed by atoms with E-state index in [9.17, 15) is 8.78 Å². The number of rotatable bonds is 5. The van der Waals surface area contributed by atoms with Crippen LogP contribution >= 0.6 is 0 Å². The van der Waals surface area contributed by atoms with E-state index in [1.807, 2.05) is 19.1 Å². The Balaban J connectivity index is 2.34. The SMILES string of the molecule is CCCOc1ccccc1C(N)c1cc(F)cc(F)c1. The van der Waals surface area contributed by atoms with E-state index in [4.69, 9.17) is 10.5 Å². The first-order valence-corrected chi connectivity index (χ1v) is 6.55. The number of nitrogens with two attached hydrogens (primary N) is 1. The normalized spacial score (nSPS) is 12.2. The molecular weight excluding hydrogens is 260 g/mol. The van der Waals surface area contributed by atoms with Crippen molar-refractivity contribution in [1.82, 2.24) is 0 Å². The molecule has 2 nitrogen and oxygen atoms in total. The minimum Gasteiger partial charge on any atom is -0.493 e. The summed E-state index contributed by atoms with van der Waals surface area (Å²) in [4.78, 5) is 0. The molecular formula is C16H17F2NO. The van der Waals surface area contributed by atoms with E-state index in [-0.39, 0.29) is 0 Å². The van der Waals surface area contributed by atoms with E-state index in [0.717, 1.165) is 12.5 Å². The molecule has 0 bridgehead atoms. The van der Waals surface area contributed by atoms with Crippen molar-refractivity contribution >= 4 is 0 Å². The summed E-state index contributed by atoms with van der Waals surface area (Å²) in [5.74, 6) is -0.628. The van der Waals surface area contributed by atoms with Crippen LogP contribution < -0.4 is 10.5 Å². The number of hydrogen-bond acceptors (Lipinski definition) is 2. The maximum Gasteiger partial charge on any atom is 0.126 e. The second-order valence-corrected chi connectivity index (χ2v) is 4.57. The van der Waals surface area contributed by atoms with Crippen molar-refractivity contribution < 1.29 is 13.5 Å². The van der Waals surface area contributed by atoms with E-state index in [1.165, 1.54) is 12.1 Å². The van der Waals surface area contributed by atoms with Crippen molar-refractivity contribution in [1.29, 1.82) is 0 Å². The van der Waals surface area contributed by atoms with Gasteiger partial charge in [-0.25, -0.2) is 8.78 Å². The van der Waals surface area contributed by atoms with Crippen LogP contribution in [0.3, 0.4) is 0 Å². The predicted molar refractivity (Wildman–Crippen MR) is 74.6 cm³/mol. The summed E-state index contributed by atoms with van der Waals surface area (Å²) in [6.07, 6.45) is 0.873. The van der Waals surface area contributed by atoms with Crippen LogP contribution in [0.2, 0.25) is 0 Å². The summed E-state index contributed by atoms with van der Waals surface area (Å²) in [6.45, 7) is 2.58. The molecule has 0 heterocycles. The van der Waals surface area contributed by atoms with Crippen molar-refractivity contribution in [2.24, 2.45) is 5.73 Å². The molecule has 20 heavy (non-hydrogen) atoms. The molecule has 0 aliphatic heterocycles. The molecule has 2 aromatic rings. The minimum atomic E-state index is -0.637. The third-order valence-corrected chi connectivity index (χ3v) is 2.96. The van der Waals surface area contributed by atoms with Crippen LogP contribution in [0, 0.1) is 11.6 Å². The van der Waals surface area contributed by atoms with Crippen LogP contribution in [0.25, 0.3) is 0 Å². The van der Waals surface area contributed by atoms with E-state index in [2.05, 4.69) is 0 Å². The van der Waals surface area contributed by atoms with Crippen molar-refractivity contribution in [3.8, 4) is 5.75 Å². The van der Waals surface area contributed by atoms with Crippen molar-refractivity contribution in [2.45, 2.75) is 19.4 Å². The molecule has 0 amide bonds. The number of benzene rings is 2. The van der Waals surface area contributed by atoms with Crippen LogP contribution in [0.4, 0.5) is 8.78 Å². The van der Waals surface area contributed by atoms with Gasteiger partial charge in [-0.05, 0) is 30.2 Å². The Kier molecular flexibility index (Phi) is 4.69. The lowest BCUT2D eigenvalue weighted by Gasteiger charge is -2.17. The molecule has 2 rings (SSSR count).